The van der Waals surface area contributed by atoms with Gasteiger partial charge in [0.25, 0.3) is 7.59 Å². The highest BCUT2D eigenvalue weighted by atomic mass is 31.2. The molecule has 0 spiro atoms. The van der Waals surface area contributed by atoms with Gasteiger partial charge in [-0.25, -0.2) is 9.76 Å². The zero-order valence-electron chi connectivity index (χ0n) is 14.7. The van der Waals surface area contributed by atoms with Crippen molar-refractivity contribution in [3.63, 3.8) is 0 Å². The summed E-state index contributed by atoms with van der Waals surface area (Å²) in [5.41, 5.74) is 9.49. The van der Waals surface area contributed by atoms with Gasteiger partial charge in [0.15, 0.2) is 0 Å². The van der Waals surface area contributed by atoms with Crippen LogP contribution in [0.2, 0.25) is 0 Å². The smallest absolute Gasteiger partial charge is 0.271 e. The van der Waals surface area contributed by atoms with Crippen molar-refractivity contribution in [2.45, 2.75) is 19.6 Å². The van der Waals surface area contributed by atoms with Crippen LogP contribution < -0.4 is 10.6 Å². The molecule has 0 aliphatic heterocycles. The minimum Gasteiger partial charge on any atom is -0.271 e. The molecule has 0 radical (unpaired) electrons. The van der Waals surface area contributed by atoms with Gasteiger partial charge in [-0.05, 0) is 16.7 Å². The van der Waals surface area contributed by atoms with Crippen molar-refractivity contribution in [1.29, 1.82) is 0 Å². The first kappa shape index (κ1) is 18.6. The summed E-state index contributed by atoms with van der Waals surface area (Å²) in [6.45, 7) is 1.51. The average Bonchev–Trinajstić information content (AvgIpc) is 2.68. The highest BCUT2D eigenvalue weighted by Gasteiger charge is 2.26. The van der Waals surface area contributed by atoms with Gasteiger partial charge >= 0.3 is 0 Å². The molecule has 0 amide bonds. The monoisotopic (exact) mass is 365 g/mol. The Labute approximate surface area is 155 Å². The Hall–Kier alpha value is -2.23. The summed E-state index contributed by atoms with van der Waals surface area (Å²) in [5.74, 6) is 0. The van der Waals surface area contributed by atoms with E-state index < -0.39 is 7.59 Å². The van der Waals surface area contributed by atoms with E-state index >= 15 is 0 Å². The molecule has 0 bridgehead atoms. The highest BCUT2D eigenvalue weighted by Crippen LogP contribution is 2.39. The van der Waals surface area contributed by atoms with Crippen LogP contribution in [0.3, 0.4) is 0 Å². The number of nitrogens with zero attached hydrogens (tertiary/aromatic N) is 1. The molecule has 3 aromatic carbocycles. The van der Waals surface area contributed by atoms with Gasteiger partial charge in [-0.2, -0.15) is 0 Å². The van der Waals surface area contributed by atoms with Gasteiger partial charge in [0.2, 0.25) is 0 Å². The maximum absolute atomic E-state index is 13.3. The maximum atomic E-state index is 13.3. The van der Waals surface area contributed by atoms with Gasteiger partial charge in [-0.3, -0.25) is 10.1 Å². The van der Waals surface area contributed by atoms with E-state index in [9.17, 15) is 4.57 Å². The third kappa shape index (κ3) is 5.38. The summed E-state index contributed by atoms with van der Waals surface area (Å²) < 4.78 is 15.1. The fraction of sp³-hybridized carbons (Fsp3) is 0.143. The molecule has 0 saturated heterocycles. The van der Waals surface area contributed by atoms with Crippen LogP contribution in [0, 0.1) is 0 Å². The quantitative estimate of drug-likeness (QED) is 0.575. The molecule has 5 heteroatoms. The fourth-order valence-electron chi connectivity index (χ4n) is 2.75. The first-order chi connectivity index (χ1) is 12.6. The second kappa shape index (κ2) is 8.93. The van der Waals surface area contributed by atoms with Crippen molar-refractivity contribution in [2.24, 2.45) is 5.50 Å². The number of nitrogens with one attached hydrogen (secondary N) is 1. The number of benzene rings is 3. The molecular weight excluding hydrogens is 341 g/mol. The zero-order valence-corrected chi connectivity index (χ0v) is 15.6. The van der Waals surface area contributed by atoms with Crippen LogP contribution >= 0.6 is 7.59 Å². The average molecular weight is 365 g/mol. The van der Waals surface area contributed by atoms with E-state index in [1.807, 2.05) is 95.7 Å². The van der Waals surface area contributed by atoms with Gasteiger partial charge in [0.1, 0.15) is 0 Å². The van der Waals surface area contributed by atoms with Crippen molar-refractivity contribution in [3.05, 3.63) is 108 Å². The molecule has 0 heterocycles. The molecule has 1 unspecified atom stereocenters. The molecule has 3 rings (SSSR count). The summed E-state index contributed by atoms with van der Waals surface area (Å²) in [6, 6.07) is 29.8. The summed E-state index contributed by atoms with van der Waals surface area (Å²) in [7, 11) is -3.22. The van der Waals surface area contributed by atoms with E-state index in [0.717, 1.165) is 16.7 Å². The molecule has 26 heavy (non-hydrogen) atoms. The molecule has 1 atom stereocenters. The van der Waals surface area contributed by atoms with Crippen LogP contribution in [0.15, 0.2) is 91.0 Å². The van der Waals surface area contributed by atoms with Crippen LogP contribution in [0.5, 0.6) is 0 Å². The van der Waals surface area contributed by atoms with Crippen molar-refractivity contribution >= 4 is 7.59 Å². The first-order valence-electron chi connectivity index (χ1n) is 8.64. The molecule has 134 valence electrons. The number of hydrogen-bond acceptors (Lipinski definition) is 1. The second-order valence-electron chi connectivity index (χ2n) is 6.24. The zero-order chi connectivity index (χ0) is 18.2. The van der Waals surface area contributed by atoms with Gasteiger partial charge < -0.3 is 0 Å². The Bertz CT molecular complexity index is 799. The minimum absolute atomic E-state index is 0.467. The largest absolute Gasteiger partial charge is 0.279 e. The van der Waals surface area contributed by atoms with Gasteiger partial charge in [0, 0.05) is 19.6 Å². The van der Waals surface area contributed by atoms with Gasteiger partial charge in [-0.1, -0.05) is 91.0 Å². The Morgan fingerprint density at radius 1 is 0.692 bits per heavy atom. The number of rotatable bonds is 8. The molecule has 0 fully saturated rings. The van der Waals surface area contributed by atoms with E-state index in [0.29, 0.717) is 19.6 Å². The topological polar surface area (TPSA) is 58.4 Å². The van der Waals surface area contributed by atoms with Crippen molar-refractivity contribution in [1.82, 2.24) is 9.76 Å². The van der Waals surface area contributed by atoms with Crippen molar-refractivity contribution in [2.75, 3.05) is 0 Å². The Morgan fingerprint density at radius 2 is 1.08 bits per heavy atom. The lowest BCUT2D eigenvalue weighted by atomic mass is 10.2. The van der Waals surface area contributed by atoms with E-state index in [2.05, 4.69) is 5.09 Å². The van der Waals surface area contributed by atoms with Crippen molar-refractivity contribution < 1.29 is 4.57 Å². The second-order valence-corrected chi connectivity index (χ2v) is 8.37. The molecule has 3 aromatic rings. The maximum Gasteiger partial charge on any atom is 0.279 e. The number of nitrogens with two attached hydrogens (primary N) is 1. The van der Waals surface area contributed by atoms with Gasteiger partial charge in [0.05, 0.1) is 0 Å². The molecule has 0 saturated carbocycles. The molecular formula is C21H24N3OP. The number of hydrogen-bond donors (Lipinski definition) is 2. The highest BCUT2D eigenvalue weighted by molar-refractivity contribution is 7.56. The Kier molecular flexibility index (Phi) is 6.37. The van der Waals surface area contributed by atoms with E-state index in [1.165, 1.54) is 0 Å². The Balaban J connectivity index is 1.77. The lowest BCUT2D eigenvalue weighted by Crippen LogP contribution is -2.31. The predicted molar refractivity (Wildman–Crippen MR) is 107 cm³/mol. The third-order valence-electron chi connectivity index (χ3n) is 4.19. The third-order valence-corrected chi connectivity index (χ3v) is 5.92. The predicted octanol–water partition coefficient (Wildman–Crippen LogP) is 4.55. The SMILES string of the molecule is NP(=O)(NCc1ccccc1)N(Cc1ccccc1)Cc1ccccc1. The fourth-order valence-corrected chi connectivity index (χ4v) is 4.11. The molecule has 0 aromatic heterocycles. The van der Waals surface area contributed by atoms with Crippen LogP contribution in [0.4, 0.5) is 0 Å². The van der Waals surface area contributed by atoms with Gasteiger partial charge in [-0.15, -0.1) is 0 Å². The summed E-state index contributed by atoms with van der Waals surface area (Å²) in [5, 5.41) is 3.08. The van der Waals surface area contributed by atoms with E-state index in [1.54, 1.807) is 0 Å². The van der Waals surface area contributed by atoms with Crippen LogP contribution in [0.25, 0.3) is 0 Å². The van der Waals surface area contributed by atoms with Crippen LogP contribution in [-0.2, 0) is 24.2 Å². The van der Waals surface area contributed by atoms with Crippen LogP contribution in [-0.4, -0.2) is 4.67 Å². The summed E-state index contributed by atoms with van der Waals surface area (Å²) in [4.78, 5) is 0. The Morgan fingerprint density at radius 3 is 1.50 bits per heavy atom. The van der Waals surface area contributed by atoms with Crippen molar-refractivity contribution in [3.8, 4) is 0 Å². The van der Waals surface area contributed by atoms with Crippen LogP contribution in [0.1, 0.15) is 16.7 Å². The standard InChI is InChI=1S/C21H24N3OP/c22-26(25,23-16-19-10-4-1-5-11-19)24(17-20-12-6-2-7-13-20)18-21-14-8-3-9-15-21/h1-15H,16-18H2,(H3,22,23,25). The lowest BCUT2D eigenvalue weighted by Gasteiger charge is -2.29. The minimum atomic E-state index is -3.22. The normalized spacial score (nSPS) is 13.5. The molecule has 3 N–H and O–H groups in total. The molecule has 4 nitrogen and oxygen atoms in total. The van der Waals surface area contributed by atoms with E-state index in [-0.39, 0.29) is 0 Å². The first-order valence-corrected chi connectivity index (χ1v) is 10.4. The van der Waals surface area contributed by atoms with E-state index in [4.69, 9.17) is 5.50 Å². The summed E-state index contributed by atoms with van der Waals surface area (Å²) >= 11 is 0. The lowest BCUT2D eigenvalue weighted by molar-refractivity contribution is 0.390. The summed E-state index contributed by atoms with van der Waals surface area (Å²) in [6.07, 6.45) is 0. The molecule has 0 aliphatic carbocycles. The molecule has 0 aliphatic rings.